The summed E-state index contributed by atoms with van der Waals surface area (Å²) in [6.07, 6.45) is 6.21. The van der Waals surface area contributed by atoms with Gasteiger partial charge in [0, 0.05) is 5.56 Å². The Morgan fingerprint density at radius 1 is 1.00 bits per heavy atom. The van der Waals surface area contributed by atoms with E-state index in [1.54, 1.807) is 0 Å². The van der Waals surface area contributed by atoms with Gasteiger partial charge in [-0.2, -0.15) is 0 Å². The molecule has 4 aliphatic rings. The van der Waals surface area contributed by atoms with Crippen LogP contribution in [0.1, 0.15) is 84.0 Å². The number of hydrogen-bond acceptors (Lipinski definition) is 2. The molecule has 0 unspecified atom stereocenters. The standard InChI is InChI=1S/C17H20O2/c18-17(19)16-11-4-3-9-6-12(9)14(11)7-13-8-1-2-10(5-8)15(13)16/h7-10,12,17-19H,1-6H2/t8-,9-,10+,12+/m0/s1. The van der Waals surface area contributed by atoms with Gasteiger partial charge in [0.1, 0.15) is 0 Å². The van der Waals surface area contributed by atoms with Crippen LogP contribution in [-0.4, -0.2) is 10.2 Å². The van der Waals surface area contributed by atoms with Crippen molar-refractivity contribution in [1.29, 1.82) is 0 Å². The zero-order valence-electron chi connectivity index (χ0n) is 11.1. The van der Waals surface area contributed by atoms with Crippen LogP contribution in [-0.2, 0) is 6.42 Å². The second-order valence-electron chi connectivity index (χ2n) is 7.08. The summed E-state index contributed by atoms with van der Waals surface area (Å²) < 4.78 is 0. The van der Waals surface area contributed by atoms with E-state index in [2.05, 4.69) is 6.07 Å². The van der Waals surface area contributed by atoms with Gasteiger partial charge in [-0.25, -0.2) is 0 Å². The minimum Gasteiger partial charge on any atom is -0.364 e. The molecule has 2 fully saturated rings. The van der Waals surface area contributed by atoms with Crippen molar-refractivity contribution in [2.75, 3.05) is 0 Å². The highest BCUT2D eigenvalue weighted by molar-refractivity contribution is 5.56. The van der Waals surface area contributed by atoms with Crippen molar-refractivity contribution < 1.29 is 10.2 Å². The number of fused-ring (bicyclic) bond motifs is 8. The summed E-state index contributed by atoms with van der Waals surface area (Å²) in [5.74, 6) is 2.96. The number of rotatable bonds is 1. The van der Waals surface area contributed by atoms with E-state index in [9.17, 15) is 10.2 Å². The molecule has 100 valence electrons. The Morgan fingerprint density at radius 3 is 2.68 bits per heavy atom. The Bertz CT molecular complexity index is 574. The molecule has 0 aromatic heterocycles. The molecule has 2 N–H and O–H groups in total. The van der Waals surface area contributed by atoms with Crippen molar-refractivity contribution in [2.24, 2.45) is 5.92 Å². The fraction of sp³-hybridized carbons (Fsp3) is 0.647. The minimum absolute atomic E-state index is 0.610. The molecule has 0 amide bonds. The van der Waals surface area contributed by atoms with Crippen LogP contribution >= 0.6 is 0 Å². The van der Waals surface area contributed by atoms with Gasteiger partial charge in [-0.3, -0.25) is 0 Å². The first-order valence-corrected chi connectivity index (χ1v) is 7.79. The summed E-state index contributed by atoms with van der Waals surface area (Å²) in [4.78, 5) is 0. The minimum atomic E-state index is -1.27. The Kier molecular flexibility index (Phi) is 1.96. The molecule has 1 aromatic carbocycles. The second kappa shape index (κ2) is 3.42. The smallest absolute Gasteiger partial charge is 0.179 e. The Hall–Kier alpha value is -0.860. The third-order valence-electron chi connectivity index (χ3n) is 6.21. The maximum atomic E-state index is 9.93. The van der Waals surface area contributed by atoms with Crippen molar-refractivity contribution in [3.05, 3.63) is 33.9 Å². The number of benzene rings is 1. The average molecular weight is 256 g/mol. The Labute approximate surface area is 113 Å². The average Bonchev–Trinajstić information content (AvgIpc) is 2.93. The van der Waals surface area contributed by atoms with Gasteiger partial charge in [-0.05, 0) is 84.5 Å². The van der Waals surface area contributed by atoms with Gasteiger partial charge in [0.25, 0.3) is 0 Å². The first kappa shape index (κ1) is 10.9. The second-order valence-corrected chi connectivity index (χ2v) is 7.08. The molecule has 0 radical (unpaired) electrons. The van der Waals surface area contributed by atoms with E-state index >= 15 is 0 Å². The van der Waals surface area contributed by atoms with Crippen molar-refractivity contribution >= 4 is 0 Å². The van der Waals surface area contributed by atoms with Gasteiger partial charge in [-0.15, -0.1) is 0 Å². The number of aliphatic hydroxyl groups is 2. The van der Waals surface area contributed by atoms with Crippen LogP contribution in [0.25, 0.3) is 0 Å². The highest BCUT2D eigenvalue weighted by Crippen LogP contribution is 2.61. The maximum absolute atomic E-state index is 9.93. The summed E-state index contributed by atoms with van der Waals surface area (Å²) in [7, 11) is 0. The van der Waals surface area contributed by atoms with Gasteiger partial charge in [0.15, 0.2) is 6.29 Å². The van der Waals surface area contributed by atoms with Crippen LogP contribution in [0, 0.1) is 5.92 Å². The van der Waals surface area contributed by atoms with Crippen LogP contribution in [0.2, 0.25) is 0 Å². The lowest BCUT2D eigenvalue weighted by molar-refractivity contribution is -0.0440. The van der Waals surface area contributed by atoms with E-state index in [1.807, 2.05) is 0 Å². The van der Waals surface area contributed by atoms with Crippen LogP contribution in [0.4, 0.5) is 0 Å². The fourth-order valence-electron chi connectivity index (χ4n) is 5.31. The molecule has 0 saturated heterocycles. The molecule has 1 aromatic rings. The molecule has 5 rings (SSSR count). The van der Waals surface area contributed by atoms with Crippen molar-refractivity contribution in [3.8, 4) is 0 Å². The van der Waals surface area contributed by atoms with E-state index in [-0.39, 0.29) is 0 Å². The SMILES string of the molecule is OC(O)c1c2c(cc3c1[C@@H]1CC[C@H]3C1)[C@@H]1C[C@@H]1CC2. The van der Waals surface area contributed by atoms with Crippen LogP contribution in [0.5, 0.6) is 0 Å². The zero-order valence-corrected chi connectivity index (χ0v) is 11.1. The first-order valence-electron chi connectivity index (χ1n) is 7.79. The topological polar surface area (TPSA) is 40.5 Å². The van der Waals surface area contributed by atoms with Crippen molar-refractivity contribution in [2.45, 2.75) is 62.6 Å². The molecule has 2 heteroatoms. The molecular weight excluding hydrogens is 236 g/mol. The van der Waals surface area contributed by atoms with E-state index < -0.39 is 6.29 Å². The highest BCUT2D eigenvalue weighted by atomic mass is 16.5. The summed E-state index contributed by atoms with van der Waals surface area (Å²) in [5, 5.41) is 19.9. The predicted octanol–water partition coefficient (Wildman–Crippen LogP) is 3.08. The molecule has 2 saturated carbocycles. The molecule has 2 nitrogen and oxygen atoms in total. The molecule has 0 heterocycles. The van der Waals surface area contributed by atoms with E-state index in [0.29, 0.717) is 11.8 Å². The zero-order chi connectivity index (χ0) is 12.7. The molecule has 2 bridgehead atoms. The fourth-order valence-corrected chi connectivity index (χ4v) is 5.31. The Morgan fingerprint density at radius 2 is 1.84 bits per heavy atom. The monoisotopic (exact) mass is 256 g/mol. The first-order chi connectivity index (χ1) is 9.24. The molecule has 0 spiro atoms. The van der Waals surface area contributed by atoms with Crippen LogP contribution in [0.15, 0.2) is 6.07 Å². The van der Waals surface area contributed by atoms with Crippen LogP contribution in [0.3, 0.4) is 0 Å². The van der Waals surface area contributed by atoms with Gasteiger partial charge in [0.2, 0.25) is 0 Å². The normalized spacial score (nSPS) is 37.2. The van der Waals surface area contributed by atoms with Crippen molar-refractivity contribution in [1.82, 2.24) is 0 Å². The van der Waals surface area contributed by atoms with E-state index in [4.69, 9.17) is 0 Å². The van der Waals surface area contributed by atoms with Gasteiger partial charge < -0.3 is 10.2 Å². The quantitative estimate of drug-likeness (QED) is 0.758. The molecule has 4 aliphatic carbocycles. The lowest BCUT2D eigenvalue weighted by Crippen LogP contribution is -2.15. The van der Waals surface area contributed by atoms with E-state index in [0.717, 1.165) is 23.8 Å². The number of hydrogen-bond donors (Lipinski definition) is 2. The van der Waals surface area contributed by atoms with Gasteiger partial charge in [0.05, 0.1) is 0 Å². The highest BCUT2D eigenvalue weighted by Gasteiger charge is 2.47. The molecule has 19 heavy (non-hydrogen) atoms. The number of aliphatic hydroxyl groups excluding tert-OH is 1. The van der Waals surface area contributed by atoms with Crippen molar-refractivity contribution in [3.63, 3.8) is 0 Å². The molecule has 4 atom stereocenters. The molecular formula is C17H20O2. The summed E-state index contributed by atoms with van der Waals surface area (Å²) in [5.41, 5.74) is 6.52. The predicted molar refractivity (Wildman–Crippen MR) is 72.1 cm³/mol. The third-order valence-corrected chi connectivity index (χ3v) is 6.21. The van der Waals surface area contributed by atoms with E-state index in [1.165, 1.54) is 54.4 Å². The summed E-state index contributed by atoms with van der Waals surface area (Å²) >= 11 is 0. The maximum Gasteiger partial charge on any atom is 0.179 e. The summed E-state index contributed by atoms with van der Waals surface area (Å²) in [6.45, 7) is 0. The van der Waals surface area contributed by atoms with Crippen LogP contribution < -0.4 is 0 Å². The Balaban J connectivity index is 1.80. The lowest BCUT2D eigenvalue weighted by Gasteiger charge is -2.28. The lowest BCUT2D eigenvalue weighted by atomic mass is 9.79. The third kappa shape index (κ3) is 1.29. The van der Waals surface area contributed by atoms with Gasteiger partial charge >= 0.3 is 0 Å². The largest absolute Gasteiger partial charge is 0.364 e. The van der Waals surface area contributed by atoms with Gasteiger partial charge in [-0.1, -0.05) is 6.07 Å². The summed E-state index contributed by atoms with van der Waals surface area (Å²) in [6, 6.07) is 2.46. The molecule has 0 aliphatic heterocycles.